The lowest BCUT2D eigenvalue weighted by Crippen LogP contribution is -2.53. The Morgan fingerprint density at radius 1 is 0.795 bits per heavy atom. The van der Waals surface area contributed by atoms with Gasteiger partial charge in [-0.2, -0.15) is 0 Å². The highest BCUT2D eigenvalue weighted by Crippen LogP contribution is 2.44. The molecule has 0 fully saturated rings. The van der Waals surface area contributed by atoms with Crippen LogP contribution in [-0.2, 0) is 27.2 Å². The largest absolute Gasteiger partial charge is 0.480 e. The van der Waals surface area contributed by atoms with Crippen molar-refractivity contribution in [1.82, 2.24) is 10.6 Å². The van der Waals surface area contributed by atoms with Gasteiger partial charge in [0.15, 0.2) is 0 Å². The Labute approximate surface area is 251 Å². The molecule has 0 saturated heterocycles. The Kier molecular flexibility index (Phi) is 8.94. The number of rotatable bonds is 11. The highest BCUT2D eigenvalue weighted by atomic mass is 19.1. The summed E-state index contributed by atoms with van der Waals surface area (Å²) >= 11 is 0. The normalized spacial score (nSPS) is 13.2. The van der Waals surface area contributed by atoms with Crippen LogP contribution in [0.25, 0.3) is 11.1 Å². The van der Waals surface area contributed by atoms with Crippen molar-refractivity contribution in [1.29, 1.82) is 0 Å². The molecule has 0 bridgehead atoms. The number of nitro groups is 1. The Hall–Kier alpha value is -5.58. The number of aliphatic carboxylic acids is 1. The van der Waals surface area contributed by atoms with Crippen LogP contribution in [0, 0.1) is 15.9 Å². The van der Waals surface area contributed by atoms with Crippen LogP contribution in [0.1, 0.15) is 28.2 Å². The maximum atomic E-state index is 13.4. The molecule has 1 aliphatic rings. The van der Waals surface area contributed by atoms with E-state index >= 15 is 0 Å². The molecule has 0 spiro atoms. The molecule has 3 N–H and O–H groups in total. The van der Waals surface area contributed by atoms with Gasteiger partial charge in [0.2, 0.25) is 5.91 Å². The van der Waals surface area contributed by atoms with Crippen molar-refractivity contribution in [3.8, 4) is 11.1 Å². The number of fused-ring (bicyclic) bond motifs is 3. The predicted octanol–water partition coefficient (Wildman–Crippen LogP) is 5.00. The van der Waals surface area contributed by atoms with Crippen molar-refractivity contribution in [2.45, 2.75) is 30.8 Å². The summed E-state index contributed by atoms with van der Waals surface area (Å²) < 4.78 is 18.9. The third-order valence-electron chi connectivity index (χ3n) is 7.51. The van der Waals surface area contributed by atoms with Crippen molar-refractivity contribution in [2.75, 3.05) is 6.61 Å². The van der Waals surface area contributed by atoms with E-state index in [-0.39, 0.29) is 31.1 Å². The Bertz CT molecular complexity index is 1650. The summed E-state index contributed by atoms with van der Waals surface area (Å²) in [5.41, 5.74) is 4.93. The quantitative estimate of drug-likeness (QED) is 0.163. The number of hydrogen-bond acceptors (Lipinski definition) is 6. The summed E-state index contributed by atoms with van der Waals surface area (Å²) in [5.74, 6) is -2.83. The van der Waals surface area contributed by atoms with Gasteiger partial charge in [-0.1, -0.05) is 72.8 Å². The highest BCUT2D eigenvalue weighted by molar-refractivity contribution is 5.89. The number of carboxylic acids is 1. The molecule has 4 aromatic rings. The van der Waals surface area contributed by atoms with Crippen molar-refractivity contribution in [2.24, 2.45) is 0 Å². The minimum absolute atomic E-state index is 0.00590. The van der Waals surface area contributed by atoms with Crippen molar-refractivity contribution in [3.05, 3.63) is 135 Å². The van der Waals surface area contributed by atoms with Gasteiger partial charge < -0.3 is 20.5 Å². The number of carbonyl (C=O) groups excluding carboxylic acids is 2. The average molecular weight is 598 g/mol. The number of nitro benzene ring substituents is 1. The first kappa shape index (κ1) is 29.9. The first-order chi connectivity index (χ1) is 21.2. The number of nitrogens with one attached hydrogen (secondary N) is 2. The molecule has 11 heteroatoms. The zero-order valence-corrected chi connectivity index (χ0v) is 23.3. The first-order valence-corrected chi connectivity index (χ1v) is 13.8. The number of amides is 2. The standard InChI is InChI=1S/C33H28FN3O7/c34-22-13-9-20(10-14-22)18-30(32(39)40)35-31(38)29(17-21-11-15-23(16-12-21)37(42)43)36-33(41)44-19-28-26-7-3-1-5-24(26)25-6-2-4-8-27(25)28/h1-16,28-30H,17-19H2,(H,35,38)(H,36,41)(H,39,40)/t29-,30-/m0/s1. The minimum atomic E-state index is -1.38. The third kappa shape index (κ3) is 6.89. The van der Waals surface area contributed by atoms with Crippen molar-refractivity contribution < 1.29 is 33.5 Å². The SMILES string of the molecule is O=C(N[C@@H](Cc1ccc([N+](=O)[O-])cc1)C(=O)N[C@@H](Cc1ccc(F)cc1)C(=O)O)OCC1c2ccccc2-c2ccccc21. The van der Waals surface area contributed by atoms with E-state index in [0.717, 1.165) is 22.3 Å². The average Bonchev–Trinajstić information content (AvgIpc) is 3.34. The molecule has 0 aliphatic heterocycles. The maximum Gasteiger partial charge on any atom is 0.407 e. The summed E-state index contributed by atoms with van der Waals surface area (Å²) in [4.78, 5) is 49.0. The number of carboxylic acid groups (broad SMARTS) is 1. The second-order valence-corrected chi connectivity index (χ2v) is 10.4. The molecule has 2 atom stereocenters. The monoisotopic (exact) mass is 597 g/mol. The summed E-state index contributed by atoms with van der Waals surface area (Å²) in [6.07, 6.45) is -1.12. The van der Waals surface area contributed by atoms with Crippen LogP contribution in [-0.4, -0.2) is 46.7 Å². The molecule has 2 amide bonds. The lowest BCUT2D eigenvalue weighted by molar-refractivity contribution is -0.384. The van der Waals surface area contributed by atoms with Crippen LogP contribution in [0.5, 0.6) is 0 Å². The van der Waals surface area contributed by atoms with Gasteiger partial charge in [-0.15, -0.1) is 0 Å². The molecular formula is C33H28FN3O7. The number of nitrogens with zero attached hydrogens (tertiary/aromatic N) is 1. The van der Waals surface area contributed by atoms with Gasteiger partial charge in [-0.3, -0.25) is 14.9 Å². The molecule has 5 rings (SSSR count). The topological polar surface area (TPSA) is 148 Å². The molecule has 0 radical (unpaired) electrons. The van der Waals surface area contributed by atoms with Gasteiger partial charge in [0, 0.05) is 30.9 Å². The maximum absolute atomic E-state index is 13.4. The number of hydrogen-bond donors (Lipinski definition) is 3. The molecule has 1 aliphatic carbocycles. The second kappa shape index (κ2) is 13.2. The lowest BCUT2D eigenvalue weighted by atomic mass is 9.98. The summed E-state index contributed by atoms with van der Waals surface area (Å²) in [5, 5.41) is 25.8. The lowest BCUT2D eigenvalue weighted by Gasteiger charge is -2.22. The Morgan fingerprint density at radius 3 is 1.86 bits per heavy atom. The van der Waals surface area contributed by atoms with Crippen molar-refractivity contribution in [3.63, 3.8) is 0 Å². The molecular weight excluding hydrogens is 569 g/mol. The smallest absolute Gasteiger partial charge is 0.407 e. The first-order valence-electron chi connectivity index (χ1n) is 13.8. The number of carbonyl (C=O) groups is 3. The van der Waals surface area contributed by atoms with E-state index in [1.165, 1.54) is 48.5 Å². The molecule has 44 heavy (non-hydrogen) atoms. The molecule has 10 nitrogen and oxygen atoms in total. The van der Waals surface area contributed by atoms with E-state index in [1.54, 1.807) is 0 Å². The van der Waals surface area contributed by atoms with Crippen LogP contribution in [0.3, 0.4) is 0 Å². The fourth-order valence-corrected chi connectivity index (χ4v) is 5.31. The van der Waals surface area contributed by atoms with Crippen LogP contribution in [0.2, 0.25) is 0 Å². The van der Waals surface area contributed by atoms with Crippen LogP contribution >= 0.6 is 0 Å². The number of benzene rings is 4. The molecule has 0 heterocycles. The summed E-state index contributed by atoms with van der Waals surface area (Å²) in [6.45, 7) is -0.00590. The van der Waals surface area contributed by atoms with E-state index in [4.69, 9.17) is 4.74 Å². The summed E-state index contributed by atoms with van der Waals surface area (Å²) in [6, 6.07) is 23.6. The van der Waals surface area contributed by atoms with Gasteiger partial charge >= 0.3 is 12.1 Å². The van der Waals surface area contributed by atoms with Crippen LogP contribution < -0.4 is 10.6 Å². The number of alkyl carbamates (subject to hydrolysis) is 1. The number of non-ortho nitro benzene ring substituents is 1. The van der Waals surface area contributed by atoms with Gasteiger partial charge in [-0.25, -0.2) is 14.0 Å². The van der Waals surface area contributed by atoms with Gasteiger partial charge in [0.25, 0.3) is 5.69 Å². The fourth-order valence-electron chi connectivity index (χ4n) is 5.31. The molecule has 0 aromatic heterocycles. The van der Waals surface area contributed by atoms with Gasteiger partial charge in [0.05, 0.1) is 4.92 Å². The van der Waals surface area contributed by atoms with E-state index in [9.17, 15) is 34.0 Å². The fraction of sp³-hybridized carbons (Fsp3) is 0.182. The Morgan fingerprint density at radius 2 is 1.32 bits per heavy atom. The van der Waals surface area contributed by atoms with E-state index in [2.05, 4.69) is 10.6 Å². The zero-order chi connectivity index (χ0) is 31.2. The molecule has 4 aromatic carbocycles. The number of halogens is 1. The predicted molar refractivity (Wildman–Crippen MR) is 158 cm³/mol. The van der Waals surface area contributed by atoms with E-state index in [0.29, 0.717) is 11.1 Å². The minimum Gasteiger partial charge on any atom is -0.480 e. The molecule has 224 valence electrons. The van der Waals surface area contributed by atoms with Crippen LogP contribution in [0.15, 0.2) is 97.1 Å². The van der Waals surface area contributed by atoms with E-state index in [1.807, 2.05) is 48.5 Å². The van der Waals surface area contributed by atoms with Crippen LogP contribution in [0.4, 0.5) is 14.9 Å². The Balaban J connectivity index is 1.31. The zero-order valence-electron chi connectivity index (χ0n) is 23.3. The third-order valence-corrected chi connectivity index (χ3v) is 7.51. The van der Waals surface area contributed by atoms with Gasteiger partial charge in [-0.05, 0) is 45.5 Å². The molecule has 0 saturated carbocycles. The number of ether oxygens (including phenoxy) is 1. The van der Waals surface area contributed by atoms with E-state index < -0.39 is 40.8 Å². The molecule has 0 unspecified atom stereocenters. The summed E-state index contributed by atoms with van der Waals surface area (Å²) in [7, 11) is 0. The highest BCUT2D eigenvalue weighted by Gasteiger charge is 2.31. The van der Waals surface area contributed by atoms with Crippen molar-refractivity contribution >= 4 is 23.7 Å². The van der Waals surface area contributed by atoms with Gasteiger partial charge in [0.1, 0.15) is 24.5 Å². The second-order valence-electron chi connectivity index (χ2n) is 10.4.